The van der Waals surface area contributed by atoms with Crippen LogP contribution >= 0.6 is 0 Å². The largest absolute Gasteiger partial charge is 0.489 e. The molecule has 0 aliphatic carbocycles. The monoisotopic (exact) mass is 413 g/mol. The van der Waals surface area contributed by atoms with Crippen molar-refractivity contribution in [3.05, 3.63) is 102 Å². The topological polar surface area (TPSA) is 91.2 Å². The second-order valence-corrected chi connectivity index (χ2v) is 6.89. The second-order valence-electron chi connectivity index (χ2n) is 6.89. The number of hydrogen-bond acceptors (Lipinski definition) is 4. The Labute approximate surface area is 181 Å². The number of nitrogens with one attached hydrogen (secondary N) is 2. The predicted octanol–water partition coefficient (Wildman–Crippen LogP) is 3.25. The molecule has 2 N–H and O–H groups in total. The molecule has 0 radical (unpaired) electrons. The number of hydrogen-bond donors (Lipinski definition) is 2. The summed E-state index contributed by atoms with van der Waals surface area (Å²) in [6.07, 6.45) is 0.287. The fraction of sp³-hybridized carbons (Fsp3) is 0.160. The van der Waals surface area contributed by atoms with E-state index in [4.69, 9.17) is 10.00 Å². The van der Waals surface area contributed by atoms with E-state index in [-0.39, 0.29) is 18.9 Å². The van der Waals surface area contributed by atoms with Crippen LogP contribution in [0.25, 0.3) is 0 Å². The number of nitriles is 1. The number of carbonyl (C=O) groups excluding carboxylic acids is 2. The maximum absolute atomic E-state index is 12.5. The van der Waals surface area contributed by atoms with Crippen molar-refractivity contribution in [2.24, 2.45) is 0 Å². The van der Waals surface area contributed by atoms with Crippen LogP contribution in [-0.4, -0.2) is 24.4 Å². The lowest BCUT2D eigenvalue weighted by atomic mass is 10.0. The molecule has 31 heavy (non-hydrogen) atoms. The fourth-order valence-corrected chi connectivity index (χ4v) is 2.99. The molecule has 2 amide bonds. The molecule has 6 nitrogen and oxygen atoms in total. The maximum Gasteiger partial charge on any atom is 0.251 e. The van der Waals surface area contributed by atoms with Gasteiger partial charge in [0.15, 0.2) is 0 Å². The highest BCUT2D eigenvalue weighted by Crippen LogP contribution is 2.16. The molecule has 1 unspecified atom stereocenters. The van der Waals surface area contributed by atoms with Crippen molar-refractivity contribution in [2.45, 2.75) is 19.1 Å². The third kappa shape index (κ3) is 6.72. The number of ether oxygens (including phenoxy) is 1. The molecule has 0 heterocycles. The molecular formula is C25H23N3O3. The van der Waals surface area contributed by atoms with Crippen LogP contribution < -0.4 is 15.4 Å². The first-order chi connectivity index (χ1) is 15.2. The van der Waals surface area contributed by atoms with E-state index < -0.39 is 11.9 Å². The Kier molecular flexibility index (Phi) is 7.78. The van der Waals surface area contributed by atoms with E-state index in [0.29, 0.717) is 17.9 Å². The summed E-state index contributed by atoms with van der Waals surface area (Å²) in [6, 6.07) is 27.0. The normalized spacial score (nSPS) is 11.1. The van der Waals surface area contributed by atoms with Crippen LogP contribution in [0.15, 0.2) is 84.9 Å². The summed E-state index contributed by atoms with van der Waals surface area (Å²) < 4.78 is 5.79. The van der Waals surface area contributed by atoms with Gasteiger partial charge in [-0.15, -0.1) is 0 Å². The van der Waals surface area contributed by atoms with Gasteiger partial charge in [-0.3, -0.25) is 9.59 Å². The summed E-state index contributed by atoms with van der Waals surface area (Å²) in [5.41, 5.74) is 2.40. The molecule has 0 saturated carbocycles. The second kappa shape index (κ2) is 11.2. The number of carbonyl (C=O) groups is 2. The minimum absolute atomic E-state index is 0.122. The van der Waals surface area contributed by atoms with Gasteiger partial charge in [0.1, 0.15) is 24.9 Å². The fourth-order valence-electron chi connectivity index (χ4n) is 2.99. The Hall–Kier alpha value is -4.11. The third-order valence-electron chi connectivity index (χ3n) is 4.61. The maximum atomic E-state index is 12.5. The van der Waals surface area contributed by atoms with Gasteiger partial charge in [0.25, 0.3) is 5.91 Å². The van der Waals surface area contributed by atoms with Crippen LogP contribution in [0.2, 0.25) is 0 Å². The summed E-state index contributed by atoms with van der Waals surface area (Å²) in [5.74, 6) is -0.0397. The van der Waals surface area contributed by atoms with Gasteiger partial charge < -0.3 is 15.4 Å². The van der Waals surface area contributed by atoms with Crippen LogP contribution in [0.3, 0.4) is 0 Å². The molecule has 0 bridgehead atoms. The van der Waals surface area contributed by atoms with Gasteiger partial charge in [0, 0.05) is 12.0 Å². The summed E-state index contributed by atoms with van der Waals surface area (Å²) in [5, 5.41) is 14.0. The van der Waals surface area contributed by atoms with Gasteiger partial charge in [0.2, 0.25) is 5.91 Å². The zero-order valence-corrected chi connectivity index (χ0v) is 17.0. The zero-order valence-electron chi connectivity index (χ0n) is 17.0. The highest BCUT2D eigenvalue weighted by molar-refractivity contribution is 5.97. The van der Waals surface area contributed by atoms with Gasteiger partial charge in [0.05, 0.1) is 6.07 Å². The zero-order chi connectivity index (χ0) is 21.9. The number of benzene rings is 3. The van der Waals surface area contributed by atoms with Crippen molar-refractivity contribution in [2.75, 3.05) is 6.54 Å². The molecule has 0 aliphatic rings. The van der Waals surface area contributed by atoms with E-state index >= 15 is 0 Å². The molecule has 3 rings (SSSR count). The van der Waals surface area contributed by atoms with Crippen LogP contribution in [0, 0.1) is 11.3 Å². The highest BCUT2D eigenvalue weighted by atomic mass is 16.5. The Morgan fingerprint density at radius 1 is 0.871 bits per heavy atom. The number of amides is 2. The van der Waals surface area contributed by atoms with Crippen molar-refractivity contribution in [3.63, 3.8) is 0 Å². The minimum atomic E-state index is -0.808. The lowest BCUT2D eigenvalue weighted by molar-refractivity contribution is -0.122. The summed E-state index contributed by atoms with van der Waals surface area (Å²) >= 11 is 0. The molecule has 6 heteroatoms. The van der Waals surface area contributed by atoms with Crippen LogP contribution in [0.4, 0.5) is 0 Å². The first-order valence-electron chi connectivity index (χ1n) is 9.92. The van der Waals surface area contributed by atoms with E-state index in [9.17, 15) is 9.59 Å². The lowest BCUT2D eigenvalue weighted by Gasteiger charge is -2.18. The molecule has 156 valence electrons. The van der Waals surface area contributed by atoms with Crippen molar-refractivity contribution in [1.29, 1.82) is 5.26 Å². The van der Waals surface area contributed by atoms with Gasteiger partial charge in [-0.1, -0.05) is 60.7 Å². The van der Waals surface area contributed by atoms with Crippen LogP contribution in [-0.2, 0) is 17.8 Å². The summed E-state index contributed by atoms with van der Waals surface area (Å²) in [6.45, 7) is 0.343. The third-order valence-corrected chi connectivity index (χ3v) is 4.61. The van der Waals surface area contributed by atoms with Crippen molar-refractivity contribution < 1.29 is 14.3 Å². The first kappa shape index (κ1) is 21.6. The molecule has 0 aromatic heterocycles. The highest BCUT2D eigenvalue weighted by Gasteiger charge is 2.21. The Morgan fingerprint density at radius 2 is 1.52 bits per heavy atom. The van der Waals surface area contributed by atoms with Gasteiger partial charge in [-0.05, 0) is 35.4 Å². The standard InChI is InChI=1S/C25H23N3O3/c26-15-16-27-25(30)23(28-24(29)21-9-5-2-6-10-21)17-19-11-13-22(14-12-19)31-18-20-7-3-1-4-8-20/h1-14,23H,16-18H2,(H,27,30)(H,28,29). The number of nitrogens with zero attached hydrogens (tertiary/aromatic N) is 1. The molecule has 0 fully saturated rings. The average molecular weight is 413 g/mol. The van der Waals surface area contributed by atoms with E-state index in [1.165, 1.54) is 0 Å². The predicted molar refractivity (Wildman–Crippen MR) is 117 cm³/mol. The average Bonchev–Trinajstić information content (AvgIpc) is 2.82. The van der Waals surface area contributed by atoms with Gasteiger partial charge in [-0.25, -0.2) is 0 Å². The van der Waals surface area contributed by atoms with Gasteiger partial charge in [-0.2, -0.15) is 5.26 Å². The molecular weight excluding hydrogens is 390 g/mol. The molecule has 3 aromatic rings. The summed E-state index contributed by atoms with van der Waals surface area (Å²) in [4.78, 5) is 25.0. The number of rotatable bonds is 9. The van der Waals surface area contributed by atoms with E-state index in [1.54, 1.807) is 24.3 Å². The van der Waals surface area contributed by atoms with Crippen molar-refractivity contribution >= 4 is 11.8 Å². The van der Waals surface area contributed by atoms with Crippen molar-refractivity contribution in [1.82, 2.24) is 10.6 Å². The Bertz CT molecular complexity index is 1030. The van der Waals surface area contributed by atoms with E-state index in [0.717, 1.165) is 11.1 Å². The molecule has 0 aliphatic heterocycles. The molecule has 1 atom stereocenters. The van der Waals surface area contributed by atoms with E-state index in [1.807, 2.05) is 66.7 Å². The van der Waals surface area contributed by atoms with Gasteiger partial charge >= 0.3 is 0 Å². The van der Waals surface area contributed by atoms with Crippen LogP contribution in [0.1, 0.15) is 21.5 Å². The minimum Gasteiger partial charge on any atom is -0.489 e. The molecule has 0 spiro atoms. The first-order valence-corrected chi connectivity index (χ1v) is 9.92. The van der Waals surface area contributed by atoms with Crippen molar-refractivity contribution in [3.8, 4) is 11.8 Å². The van der Waals surface area contributed by atoms with E-state index in [2.05, 4.69) is 10.6 Å². The lowest BCUT2D eigenvalue weighted by Crippen LogP contribution is -2.48. The quantitative estimate of drug-likeness (QED) is 0.527. The molecule has 0 saturated heterocycles. The smallest absolute Gasteiger partial charge is 0.251 e. The Morgan fingerprint density at radius 3 is 2.16 bits per heavy atom. The molecule has 3 aromatic carbocycles. The van der Waals surface area contributed by atoms with Crippen LogP contribution in [0.5, 0.6) is 5.75 Å². The Balaban J connectivity index is 1.64. The summed E-state index contributed by atoms with van der Waals surface area (Å²) in [7, 11) is 0. The SMILES string of the molecule is N#CCNC(=O)C(Cc1ccc(OCc2ccccc2)cc1)NC(=O)c1ccccc1.